The highest BCUT2D eigenvalue weighted by atomic mass is 35.5. The molecule has 11 heteroatoms. The Balaban J connectivity index is 0.00000289. The zero-order chi connectivity index (χ0) is 22.3. The standard InChI is InChI=1S/C21H29ClFN3O4S.ClH/c1-31(29,30)26-10-9-25(20(28)12-14-5-6-16(22)17(23)11-14)21-18(3-2-4-19(21)26)24-8-7-15(27)13-24;/h5-6,11,15,18-19,21,27H,2-4,7-10,12-13H2,1H3;1H/t15-,18-,19-,21+;/m0./s1. The number of halogens is 3. The van der Waals surface area contributed by atoms with Crippen molar-refractivity contribution in [1.29, 1.82) is 0 Å². The van der Waals surface area contributed by atoms with Crippen molar-refractivity contribution in [2.75, 3.05) is 32.4 Å². The van der Waals surface area contributed by atoms with Crippen molar-refractivity contribution in [1.82, 2.24) is 14.1 Å². The van der Waals surface area contributed by atoms with Gasteiger partial charge >= 0.3 is 0 Å². The van der Waals surface area contributed by atoms with Crippen molar-refractivity contribution in [3.8, 4) is 0 Å². The van der Waals surface area contributed by atoms with Gasteiger partial charge in [0.1, 0.15) is 5.82 Å². The van der Waals surface area contributed by atoms with Crippen LogP contribution in [0.2, 0.25) is 5.02 Å². The van der Waals surface area contributed by atoms with Gasteiger partial charge in [0, 0.05) is 38.3 Å². The molecule has 1 amide bonds. The van der Waals surface area contributed by atoms with Crippen LogP contribution in [-0.2, 0) is 21.2 Å². The van der Waals surface area contributed by atoms with Crippen molar-refractivity contribution in [2.24, 2.45) is 0 Å². The molecule has 2 saturated heterocycles. The Hall–Kier alpha value is -0.970. The van der Waals surface area contributed by atoms with Crippen LogP contribution in [0.4, 0.5) is 4.39 Å². The summed E-state index contributed by atoms with van der Waals surface area (Å²) in [5, 5.41) is 10.1. The van der Waals surface area contributed by atoms with Gasteiger partial charge in [0.15, 0.2) is 0 Å². The smallest absolute Gasteiger partial charge is 0.227 e. The Morgan fingerprint density at radius 1 is 1.19 bits per heavy atom. The van der Waals surface area contributed by atoms with Crippen molar-refractivity contribution in [2.45, 2.75) is 56.3 Å². The molecule has 4 atom stereocenters. The van der Waals surface area contributed by atoms with Crippen LogP contribution in [-0.4, -0.2) is 90.2 Å². The maximum absolute atomic E-state index is 13.9. The topological polar surface area (TPSA) is 81.2 Å². The van der Waals surface area contributed by atoms with E-state index >= 15 is 0 Å². The maximum atomic E-state index is 13.9. The molecule has 1 aliphatic carbocycles. The second-order valence-electron chi connectivity index (χ2n) is 8.88. The lowest BCUT2D eigenvalue weighted by molar-refractivity contribution is -0.140. The van der Waals surface area contributed by atoms with E-state index in [4.69, 9.17) is 11.6 Å². The number of benzene rings is 1. The van der Waals surface area contributed by atoms with Crippen molar-refractivity contribution < 1.29 is 22.7 Å². The van der Waals surface area contributed by atoms with Crippen LogP contribution in [0.1, 0.15) is 31.2 Å². The highest BCUT2D eigenvalue weighted by Crippen LogP contribution is 2.36. The monoisotopic (exact) mass is 509 g/mol. The Labute approximate surface area is 200 Å². The Kier molecular flexibility index (Phi) is 8.10. The molecule has 2 heterocycles. The first-order valence-corrected chi connectivity index (χ1v) is 13.0. The number of amides is 1. The molecule has 3 aliphatic rings. The molecule has 1 saturated carbocycles. The summed E-state index contributed by atoms with van der Waals surface area (Å²) >= 11 is 5.76. The van der Waals surface area contributed by atoms with Crippen LogP contribution in [0.15, 0.2) is 18.2 Å². The van der Waals surface area contributed by atoms with Gasteiger partial charge < -0.3 is 10.0 Å². The number of aliphatic hydroxyl groups is 1. The molecule has 2 aliphatic heterocycles. The second-order valence-corrected chi connectivity index (χ2v) is 11.2. The number of piperazine rings is 1. The molecule has 7 nitrogen and oxygen atoms in total. The lowest BCUT2D eigenvalue weighted by Gasteiger charge is -2.53. The molecule has 3 fully saturated rings. The van der Waals surface area contributed by atoms with Gasteiger partial charge in [0.05, 0.1) is 29.8 Å². The van der Waals surface area contributed by atoms with E-state index in [1.165, 1.54) is 18.4 Å². The fraction of sp³-hybridized carbons (Fsp3) is 0.667. The fourth-order valence-electron chi connectivity index (χ4n) is 5.48. The first-order chi connectivity index (χ1) is 14.6. The molecule has 1 aromatic carbocycles. The molecular formula is C21H30Cl2FN3O4S. The highest BCUT2D eigenvalue weighted by Gasteiger charge is 2.49. The quantitative estimate of drug-likeness (QED) is 0.670. The number of hydrogen-bond acceptors (Lipinski definition) is 5. The summed E-state index contributed by atoms with van der Waals surface area (Å²) in [5.74, 6) is -0.704. The summed E-state index contributed by atoms with van der Waals surface area (Å²) in [5.41, 5.74) is 0.540. The van der Waals surface area contributed by atoms with E-state index in [2.05, 4.69) is 4.90 Å². The van der Waals surface area contributed by atoms with E-state index in [1.807, 2.05) is 0 Å². The second kappa shape index (κ2) is 10.1. The Bertz CT molecular complexity index is 951. The number of nitrogens with zero attached hydrogens (tertiary/aromatic N) is 3. The fourth-order valence-corrected chi connectivity index (χ4v) is 6.73. The Morgan fingerprint density at radius 3 is 2.53 bits per heavy atom. The van der Waals surface area contributed by atoms with E-state index in [1.54, 1.807) is 15.3 Å². The van der Waals surface area contributed by atoms with Gasteiger partial charge in [-0.15, -0.1) is 12.4 Å². The molecule has 0 unspecified atom stereocenters. The average molecular weight is 510 g/mol. The summed E-state index contributed by atoms with van der Waals surface area (Å²) in [4.78, 5) is 17.3. The van der Waals surface area contributed by atoms with Gasteiger partial charge in [-0.25, -0.2) is 12.8 Å². The minimum atomic E-state index is -3.41. The first-order valence-electron chi connectivity index (χ1n) is 10.8. The average Bonchev–Trinajstić information content (AvgIpc) is 3.14. The number of likely N-dealkylation sites (tertiary alicyclic amines) is 1. The summed E-state index contributed by atoms with van der Waals surface area (Å²) in [6.45, 7) is 1.83. The van der Waals surface area contributed by atoms with Gasteiger partial charge in [-0.2, -0.15) is 4.31 Å². The molecule has 1 N–H and O–H groups in total. The van der Waals surface area contributed by atoms with Crippen LogP contribution in [0.25, 0.3) is 0 Å². The van der Waals surface area contributed by atoms with Crippen LogP contribution < -0.4 is 0 Å². The lowest BCUT2D eigenvalue weighted by atomic mass is 9.82. The van der Waals surface area contributed by atoms with E-state index in [9.17, 15) is 22.7 Å². The molecule has 4 rings (SSSR count). The molecule has 180 valence electrons. The number of β-amino-alcohol motifs (C(OH)–C–C–N with tert-alkyl or cyclic N) is 1. The minimum Gasteiger partial charge on any atom is -0.392 e. The summed E-state index contributed by atoms with van der Waals surface area (Å²) in [7, 11) is -3.41. The van der Waals surface area contributed by atoms with Crippen LogP contribution in [0.3, 0.4) is 0 Å². The molecule has 0 bridgehead atoms. The van der Waals surface area contributed by atoms with E-state index in [-0.39, 0.29) is 54.4 Å². The van der Waals surface area contributed by atoms with Crippen LogP contribution in [0.5, 0.6) is 0 Å². The summed E-state index contributed by atoms with van der Waals surface area (Å²) < 4.78 is 40.4. The highest BCUT2D eigenvalue weighted by molar-refractivity contribution is 7.88. The van der Waals surface area contributed by atoms with E-state index in [0.29, 0.717) is 31.5 Å². The predicted molar refractivity (Wildman–Crippen MR) is 123 cm³/mol. The molecule has 1 aromatic rings. The third-order valence-electron chi connectivity index (χ3n) is 6.83. The Morgan fingerprint density at radius 2 is 1.91 bits per heavy atom. The van der Waals surface area contributed by atoms with Crippen LogP contribution >= 0.6 is 24.0 Å². The normalized spacial score (nSPS) is 29.4. The molecule has 0 spiro atoms. The molecule has 32 heavy (non-hydrogen) atoms. The molecule has 0 aromatic heterocycles. The third-order valence-corrected chi connectivity index (χ3v) is 8.44. The zero-order valence-corrected chi connectivity index (χ0v) is 20.4. The van der Waals surface area contributed by atoms with E-state index < -0.39 is 21.9 Å². The first kappa shape index (κ1) is 25.6. The number of rotatable bonds is 4. The van der Waals surface area contributed by atoms with Gasteiger partial charge in [0.25, 0.3) is 0 Å². The van der Waals surface area contributed by atoms with E-state index in [0.717, 1.165) is 19.4 Å². The van der Waals surface area contributed by atoms with Gasteiger partial charge in [-0.3, -0.25) is 9.69 Å². The molecule has 0 radical (unpaired) electrons. The van der Waals surface area contributed by atoms with Crippen molar-refractivity contribution >= 4 is 39.9 Å². The predicted octanol–water partition coefficient (Wildman–Crippen LogP) is 1.90. The minimum absolute atomic E-state index is 0. The largest absolute Gasteiger partial charge is 0.392 e. The SMILES string of the molecule is CS(=O)(=O)N1CCN(C(=O)Cc2ccc(Cl)c(F)c2)[C@@H]2[C@@H](N3CC[C@H](O)C3)CCC[C@@H]21.Cl. The third kappa shape index (κ3) is 5.23. The number of fused-ring (bicyclic) bond motifs is 1. The van der Waals surface area contributed by atoms with Crippen molar-refractivity contribution in [3.05, 3.63) is 34.6 Å². The number of hydrogen-bond donors (Lipinski definition) is 1. The number of sulfonamides is 1. The molecular weight excluding hydrogens is 480 g/mol. The van der Waals surface area contributed by atoms with Crippen LogP contribution in [0, 0.1) is 5.82 Å². The van der Waals surface area contributed by atoms with Gasteiger partial charge in [-0.05, 0) is 37.0 Å². The maximum Gasteiger partial charge on any atom is 0.227 e. The van der Waals surface area contributed by atoms with Gasteiger partial charge in [-0.1, -0.05) is 24.1 Å². The van der Waals surface area contributed by atoms with Gasteiger partial charge in [0.2, 0.25) is 15.9 Å². The zero-order valence-electron chi connectivity index (χ0n) is 18.0. The van der Waals surface area contributed by atoms with Crippen molar-refractivity contribution in [3.63, 3.8) is 0 Å². The number of carbonyl (C=O) groups excluding carboxylic acids is 1. The summed E-state index contributed by atoms with van der Waals surface area (Å²) in [6, 6.07) is 3.78. The number of aliphatic hydroxyl groups excluding tert-OH is 1. The summed E-state index contributed by atoms with van der Waals surface area (Å²) in [6.07, 6.45) is 3.97. The lowest BCUT2D eigenvalue weighted by Crippen LogP contribution is -2.69. The number of carbonyl (C=O) groups is 1.